The van der Waals surface area contributed by atoms with Crippen LogP contribution in [-0.4, -0.2) is 66.1 Å². The summed E-state index contributed by atoms with van der Waals surface area (Å²) in [4.78, 5) is 17.3. The molecule has 0 saturated carbocycles. The van der Waals surface area contributed by atoms with E-state index in [1.807, 2.05) is 13.8 Å². The fourth-order valence-electron chi connectivity index (χ4n) is 3.73. The fraction of sp³-hybridized carbons (Fsp3) is 0.938. The van der Waals surface area contributed by atoms with Crippen LogP contribution in [0, 0.1) is 0 Å². The van der Waals surface area contributed by atoms with Crippen molar-refractivity contribution in [2.45, 2.75) is 70.6 Å². The molecular weight excluding hydrogens is 264 g/mol. The Kier molecular flexibility index (Phi) is 6.02. The average Bonchev–Trinajstić information content (AvgIpc) is 2.81. The molecule has 3 N–H and O–H groups in total. The maximum Gasteiger partial charge on any atom is 0.237 e. The number of hydrogen-bond acceptors (Lipinski definition) is 4. The lowest BCUT2D eigenvalue weighted by Crippen LogP contribution is -2.52. The number of hydrogen-bond donors (Lipinski definition) is 2. The zero-order chi connectivity index (χ0) is 15.4. The van der Waals surface area contributed by atoms with Gasteiger partial charge in [0.2, 0.25) is 5.91 Å². The van der Waals surface area contributed by atoms with Crippen LogP contribution in [0.2, 0.25) is 0 Å². The smallest absolute Gasteiger partial charge is 0.237 e. The van der Waals surface area contributed by atoms with Gasteiger partial charge in [-0.1, -0.05) is 6.92 Å². The van der Waals surface area contributed by atoms with E-state index in [2.05, 4.69) is 22.0 Å². The summed E-state index contributed by atoms with van der Waals surface area (Å²) in [7, 11) is 0. The first-order valence-corrected chi connectivity index (χ1v) is 8.55. The largest absolute Gasteiger partial charge is 0.353 e. The third-order valence-electron chi connectivity index (χ3n) is 4.67. The predicted molar refractivity (Wildman–Crippen MR) is 86.1 cm³/mol. The van der Waals surface area contributed by atoms with Crippen LogP contribution in [0.3, 0.4) is 0 Å². The maximum atomic E-state index is 12.4. The fourth-order valence-corrected chi connectivity index (χ4v) is 3.73. The van der Waals surface area contributed by atoms with E-state index < -0.39 is 0 Å². The summed E-state index contributed by atoms with van der Waals surface area (Å²) in [6, 6.07) is 0.837. The molecule has 5 heteroatoms. The van der Waals surface area contributed by atoms with E-state index in [0.29, 0.717) is 6.04 Å². The summed E-state index contributed by atoms with van der Waals surface area (Å²) in [6.07, 6.45) is 4.35. The lowest BCUT2D eigenvalue weighted by molar-refractivity contribution is -0.127. The molecule has 0 aromatic rings. The first-order valence-electron chi connectivity index (χ1n) is 8.55. The minimum absolute atomic E-state index is 0.0230. The first kappa shape index (κ1) is 16.7. The number of rotatable bonds is 5. The Bertz CT molecular complexity index is 339. The number of amides is 1. The zero-order valence-corrected chi connectivity index (χ0v) is 13.8. The quantitative estimate of drug-likeness (QED) is 0.787. The second kappa shape index (κ2) is 7.56. The molecule has 0 aromatic heterocycles. The van der Waals surface area contributed by atoms with Crippen molar-refractivity contribution in [2.24, 2.45) is 5.73 Å². The van der Waals surface area contributed by atoms with Crippen LogP contribution in [0.5, 0.6) is 0 Å². The maximum absolute atomic E-state index is 12.4. The van der Waals surface area contributed by atoms with E-state index in [-0.39, 0.29) is 24.0 Å². The Morgan fingerprint density at radius 2 is 2.00 bits per heavy atom. The lowest BCUT2D eigenvalue weighted by Gasteiger charge is -2.39. The van der Waals surface area contributed by atoms with Gasteiger partial charge in [0.1, 0.15) is 0 Å². The number of piperidine rings is 1. The number of carbonyl (C=O) groups is 1. The van der Waals surface area contributed by atoms with Gasteiger partial charge in [0.25, 0.3) is 0 Å². The number of likely N-dealkylation sites (tertiary alicyclic amines) is 2. The van der Waals surface area contributed by atoms with Crippen molar-refractivity contribution >= 4 is 5.91 Å². The lowest BCUT2D eigenvalue weighted by atomic mass is 10.0. The molecule has 2 aliphatic heterocycles. The third-order valence-corrected chi connectivity index (χ3v) is 4.67. The van der Waals surface area contributed by atoms with Gasteiger partial charge >= 0.3 is 0 Å². The monoisotopic (exact) mass is 296 g/mol. The highest BCUT2D eigenvalue weighted by Crippen LogP contribution is 2.26. The molecule has 5 nitrogen and oxygen atoms in total. The SMILES string of the molecule is CCCN1CCC(N2C[C@H](N)C[C@H]2C(=O)NC(C)C)CC1. The highest BCUT2D eigenvalue weighted by molar-refractivity contribution is 5.82. The zero-order valence-electron chi connectivity index (χ0n) is 13.8. The van der Waals surface area contributed by atoms with Gasteiger partial charge in [-0.25, -0.2) is 0 Å². The van der Waals surface area contributed by atoms with E-state index >= 15 is 0 Å². The van der Waals surface area contributed by atoms with Gasteiger partial charge in [0.15, 0.2) is 0 Å². The van der Waals surface area contributed by atoms with Crippen molar-refractivity contribution in [2.75, 3.05) is 26.2 Å². The summed E-state index contributed by atoms with van der Waals surface area (Å²) >= 11 is 0. The van der Waals surface area contributed by atoms with Crippen molar-refractivity contribution in [3.8, 4) is 0 Å². The molecule has 2 heterocycles. The Morgan fingerprint density at radius 3 is 2.57 bits per heavy atom. The van der Waals surface area contributed by atoms with Gasteiger partial charge in [-0.3, -0.25) is 9.69 Å². The van der Waals surface area contributed by atoms with E-state index in [0.717, 1.165) is 38.9 Å². The van der Waals surface area contributed by atoms with Crippen molar-refractivity contribution in [3.05, 3.63) is 0 Å². The highest BCUT2D eigenvalue weighted by Gasteiger charge is 2.39. The second-order valence-corrected chi connectivity index (χ2v) is 6.94. The van der Waals surface area contributed by atoms with Crippen LogP contribution in [0.25, 0.3) is 0 Å². The van der Waals surface area contributed by atoms with Gasteiger partial charge in [0, 0.05) is 24.7 Å². The van der Waals surface area contributed by atoms with Gasteiger partial charge < -0.3 is 16.0 Å². The van der Waals surface area contributed by atoms with Crippen LogP contribution in [0.4, 0.5) is 0 Å². The molecule has 122 valence electrons. The van der Waals surface area contributed by atoms with E-state index in [1.54, 1.807) is 0 Å². The molecule has 0 bridgehead atoms. The van der Waals surface area contributed by atoms with E-state index in [4.69, 9.17) is 5.73 Å². The van der Waals surface area contributed by atoms with Gasteiger partial charge in [0.05, 0.1) is 6.04 Å². The molecule has 0 radical (unpaired) electrons. The van der Waals surface area contributed by atoms with Crippen LogP contribution >= 0.6 is 0 Å². The number of nitrogens with zero attached hydrogens (tertiary/aromatic N) is 2. The molecule has 1 amide bonds. The van der Waals surface area contributed by atoms with Crippen LogP contribution in [0.1, 0.15) is 46.5 Å². The minimum atomic E-state index is -0.0230. The number of nitrogens with one attached hydrogen (secondary N) is 1. The van der Waals surface area contributed by atoms with Crippen molar-refractivity contribution in [3.63, 3.8) is 0 Å². The molecule has 2 aliphatic rings. The van der Waals surface area contributed by atoms with Gasteiger partial charge in [-0.2, -0.15) is 0 Å². The Hall–Kier alpha value is -0.650. The summed E-state index contributed by atoms with van der Waals surface area (Å²) in [5.41, 5.74) is 6.13. The third kappa shape index (κ3) is 4.41. The molecule has 0 aliphatic carbocycles. The predicted octanol–water partition coefficient (Wildman–Crippen LogP) is 0.787. The molecule has 0 unspecified atom stereocenters. The standard InChI is InChI=1S/C16H32N4O/c1-4-7-19-8-5-14(6-9-19)20-11-13(17)10-15(20)16(21)18-12(2)3/h12-15H,4-11,17H2,1-3H3,(H,18,21)/t13-,15+/m1/s1. The second-order valence-electron chi connectivity index (χ2n) is 6.94. The molecule has 2 fully saturated rings. The summed E-state index contributed by atoms with van der Waals surface area (Å²) in [5.74, 6) is 0.161. The van der Waals surface area contributed by atoms with Crippen LogP contribution in [-0.2, 0) is 4.79 Å². The van der Waals surface area contributed by atoms with Crippen LogP contribution < -0.4 is 11.1 Å². The minimum Gasteiger partial charge on any atom is -0.353 e. The normalized spacial score (nSPS) is 29.2. The van der Waals surface area contributed by atoms with Crippen molar-refractivity contribution in [1.82, 2.24) is 15.1 Å². The molecule has 21 heavy (non-hydrogen) atoms. The van der Waals surface area contributed by atoms with Crippen LogP contribution in [0.15, 0.2) is 0 Å². The molecule has 2 saturated heterocycles. The highest BCUT2D eigenvalue weighted by atomic mass is 16.2. The molecule has 0 spiro atoms. The molecule has 0 aromatic carbocycles. The summed E-state index contributed by atoms with van der Waals surface area (Å²) < 4.78 is 0. The summed E-state index contributed by atoms with van der Waals surface area (Å²) in [5, 5.41) is 3.06. The Balaban J connectivity index is 1.92. The summed E-state index contributed by atoms with van der Waals surface area (Å²) in [6.45, 7) is 10.6. The average molecular weight is 296 g/mol. The molecule has 2 rings (SSSR count). The van der Waals surface area contributed by atoms with Crippen molar-refractivity contribution in [1.29, 1.82) is 0 Å². The van der Waals surface area contributed by atoms with Gasteiger partial charge in [-0.05, 0) is 59.2 Å². The topological polar surface area (TPSA) is 61.6 Å². The molecule has 2 atom stereocenters. The Labute approximate surface area is 129 Å². The van der Waals surface area contributed by atoms with E-state index in [1.165, 1.54) is 13.0 Å². The van der Waals surface area contributed by atoms with E-state index in [9.17, 15) is 4.79 Å². The number of carbonyl (C=O) groups excluding carboxylic acids is 1. The van der Waals surface area contributed by atoms with Crippen molar-refractivity contribution < 1.29 is 4.79 Å². The Morgan fingerprint density at radius 1 is 1.33 bits per heavy atom. The molecular formula is C16H32N4O. The number of nitrogens with two attached hydrogens (primary N) is 1. The van der Waals surface area contributed by atoms with Gasteiger partial charge in [-0.15, -0.1) is 0 Å². The first-order chi connectivity index (χ1) is 10.0.